The first-order valence-corrected chi connectivity index (χ1v) is 11.5. The molecular formula is C28H31FN2O2. The molecule has 3 aromatic carbocycles. The van der Waals surface area contributed by atoms with Crippen molar-refractivity contribution in [2.75, 3.05) is 13.1 Å². The summed E-state index contributed by atoms with van der Waals surface area (Å²) in [7, 11) is 0. The fourth-order valence-corrected chi connectivity index (χ4v) is 4.85. The highest BCUT2D eigenvalue weighted by molar-refractivity contribution is 5.94. The molecule has 0 unspecified atom stereocenters. The number of Topliss-reactive ketones (excluding diaryl/α,β-unsaturated/α-hetero) is 1. The van der Waals surface area contributed by atoms with Crippen molar-refractivity contribution >= 4 is 5.78 Å². The molecule has 0 aliphatic carbocycles. The molecule has 1 aliphatic rings. The minimum Gasteiger partial charge on any atom is -0.508 e. The Hall–Kier alpha value is -3.02. The number of piperazine rings is 1. The van der Waals surface area contributed by atoms with Crippen LogP contribution in [0.25, 0.3) is 0 Å². The topological polar surface area (TPSA) is 43.8 Å². The van der Waals surface area contributed by atoms with Gasteiger partial charge in [-0.3, -0.25) is 14.6 Å². The van der Waals surface area contributed by atoms with Crippen LogP contribution in [0.15, 0.2) is 72.8 Å². The number of hydrogen-bond acceptors (Lipinski definition) is 4. The third-order valence-corrected chi connectivity index (χ3v) is 6.59. The Bertz CT molecular complexity index is 1110. The molecule has 0 radical (unpaired) electrons. The summed E-state index contributed by atoms with van der Waals surface area (Å²) < 4.78 is 13.7. The molecule has 172 valence electrons. The number of rotatable bonds is 6. The number of halogens is 1. The van der Waals surface area contributed by atoms with Crippen LogP contribution < -0.4 is 0 Å². The Morgan fingerprint density at radius 2 is 1.70 bits per heavy atom. The zero-order valence-corrected chi connectivity index (χ0v) is 19.4. The molecule has 0 spiro atoms. The summed E-state index contributed by atoms with van der Waals surface area (Å²) in [4.78, 5) is 16.6. The first kappa shape index (κ1) is 23.1. The molecular weight excluding hydrogens is 415 g/mol. The van der Waals surface area contributed by atoms with Crippen LogP contribution in [-0.2, 0) is 6.54 Å². The van der Waals surface area contributed by atoms with Gasteiger partial charge in [0.25, 0.3) is 0 Å². The average molecular weight is 447 g/mol. The van der Waals surface area contributed by atoms with E-state index >= 15 is 0 Å². The number of ketones is 1. The summed E-state index contributed by atoms with van der Waals surface area (Å²) in [6.45, 7) is 8.37. The van der Waals surface area contributed by atoms with Gasteiger partial charge in [0.2, 0.25) is 0 Å². The van der Waals surface area contributed by atoms with Crippen molar-refractivity contribution in [2.45, 2.75) is 45.4 Å². The highest BCUT2D eigenvalue weighted by atomic mass is 19.1. The van der Waals surface area contributed by atoms with Crippen molar-refractivity contribution in [1.29, 1.82) is 0 Å². The van der Waals surface area contributed by atoms with Gasteiger partial charge in [-0.05, 0) is 61.7 Å². The Labute approximate surface area is 195 Å². The zero-order valence-electron chi connectivity index (χ0n) is 19.4. The highest BCUT2D eigenvalue weighted by Gasteiger charge is 2.35. The van der Waals surface area contributed by atoms with Gasteiger partial charge in [-0.2, -0.15) is 0 Å². The van der Waals surface area contributed by atoms with Gasteiger partial charge in [0.05, 0.1) is 6.04 Å². The minimum atomic E-state index is -0.204. The van der Waals surface area contributed by atoms with Crippen LogP contribution in [0.1, 0.15) is 53.9 Å². The van der Waals surface area contributed by atoms with E-state index in [1.165, 1.54) is 6.07 Å². The summed E-state index contributed by atoms with van der Waals surface area (Å²) in [5.74, 6) is 0.0801. The Balaban J connectivity index is 1.62. The number of benzene rings is 3. The zero-order chi connectivity index (χ0) is 23.5. The molecule has 0 aromatic heterocycles. The molecule has 3 aromatic rings. The largest absolute Gasteiger partial charge is 0.508 e. The summed E-state index contributed by atoms with van der Waals surface area (Å²) >= 11 is 0. The van der Waals surface area contributed by atoms with Gasteiger partial charge < -0.3 is 5.11 Å². The van der Waals surface area contributed by atoms with E-state index in [-0.39, 0.29) is 35.5 Å². The number of nitrogens with zero attached hydrogens (tertiary/aromatic N) is 2. The number of carbonyl (C=O) groups excluding carboxylic acids is 1. The van der Waals surface area contributed by atoms with Crippen LogP contribution in [0.4, 0.5) is 4.39 Å². The first-order valence-electron chi connectivity index (χ1n) is 11.5. The lowest BCUT2D eigenvalue weighted by atomic mass is 9.92. The molecule has 33 heavy (non-hydrogen) atoms. The Morgan fingerprint density at radius 1 is 0.970 bits per heavy atom. The van der Waals surface area contributed by atoms with Crippen molar-refractivity contribution < 1.29 is 14.3 Å². The normalized spacial score (nSPS) is 20.5. The van der Waals surface area contributed by atoms with Crippen LogP contribution in [0, 0.1) is 5.82 Å². The smallest absolute Gasteiger partial charge is 0.159 e. The maximum atomic E-state index is 13.7. The van der Waals surface area contributed by atoms with E-state index in [1.54, 1.807) is 25.1 Å². The van der Waals surface area contributed by atoms with Crippen molar-refractivity contribution in [3.05, 3.63) is 101 Å². The van der Waals surface area contributed by atoms with E-state index in [1.807, 2.05) is 48.5 Å². The van der Waals surface area contributed by atoms with E-state index < -0.39 is 0 Å². The number of phenolic OH excluding ortho intramolecular Hbond substituents is 1. The quantitative estimate of drug-likeness (QED) is 0.514. The van der Waals surface area contributed by atoms with Gasteiger partial charge in [-0.15, -0.1) is 0 Å². The molecule has 1 fully saturated rings. The molecule has 4 rings (SSSR count). The van der Waals surface area contributed by atoms with Gasteiger partial charge in [0.15, 0.2) is 5.78 Å². The molecule has 0 saturated carbocycles. The number of hydrogen-bond donors (Lipinski definition) is 1. The third kappa shape index (κ3) is 5.32. The standard InChI is InChI=1S/C28H31FN2O2/c1-19-17-31(20(2)16-30(19)18-22-6-4-8-26(29)14-22)28(25-7-5-9-27(33)15-25)24-12-10-23(11-13-24)21(3)32/h4-15,19-20,28,33H,16-18H2,1-3H3/t19-,20+,28-/m1/s1. The molecule has 4 nitrogen and oxygen atoms in total. The molecule has 1 aliphatic heterocycles. The van der Waals surface area contributed by atoms with Crippen LogP contribution in [0.3, 0.4) is 0 Å². The lowest BCUT2D eigenvalue weighted by Crippen LogP contribution is -2.56. The lowest BCUT2D eigenvalue weighted by molar-refractivity contribution is 0.0194. The Kier molecular flexibility index (Phi) is 6.91. The van der Waals surface area contributed by atoms with Gasteiger partial charge >= 0.3 is 0 Å². The van der Waals surface area contributed by atoms with E-state index in [4.69, 9.17) is 0 Å². The van der Waals surface area contributed by atoms with E-state index in [2.05, 4.69) is 23.6 Å². The van der Waals surface area contributed by atoms with Gasteiger partial charge in [-0.25, -0.2) is 4.39 Å². The second kappa shape index (κ2) is 9.86. The number of aromatic hydroxyl groups is 1. The predicted octanol–water partition coefficient (Wildman–Crippen LogP) is 5.42. The molecule has 3 atom stereocenters. The average Bonchev–Trinajstić information content (AvgIpc) is 2.78. The monoisotopic (exact) mass is 446 g/mol. The third-order valence-electron chi connectivity index (χ3n) is 6.59. The SMILES string of the molecule is CC(=O)c1ccc([C@H](c2cccc(O)c2)N2C[C@@H](C)N(Cc3cccc(F)c3)C[C@@H]2C)cc1. The maximum Gasteiger partial charge on any atom is 0.159 e. The number of carbonyl (C=O) groups is 1. The van der Waals surface area contributed by atoms with E-state index in [0.717, 1.165) is 29.8 Å². The van der Waals surface area contributed by atoms with Crippen LogP contribution in [0.5, 0.6) is 5.75 Å². The molecule has 5 heteroatoms. The lowest BCUT2D eigenvalue weighted by Gasteiger charge is -2.47. The first-order chi connectivity index (χ1) is 15.8. The summed E-state index contributed by atoms with van der Waals surface area (Å²) in [6.07, 6.45) is 0. The molecule has 1 saturated heterocycles. The van der Waals surface area contributed by atoms with Crippen LogP contribution >= 0.6 is 0 Å². The van der Waals surface area contributed by atoms with Gasteiger partial charge in [0, 0.05) is 37.3 Å². The van der Waals surface area contributed by atoms with Crippen molar-refractivity contribution in [2.24, 2.45) is 0 Å². The fraction of sp³-hybridized carbons (Fsp3) is 0.321. The summed E-state index contributed by atoms with van der Waals surface area (Å²) in [5, 5.41) is 10.2. The molecule has 1 heterocycles. The Morgan fingerprint density at radius 3 is 2.36 bits per heavy atom. The maximum absolute atomic E-state index is 13.7. The molecule has 0 amide bonds. The van der Waals surface area contributed by atoms with E-state index in [9.17, 15) is 14.3 Å². The fourth-order valence-electron chi connectivity index (χ4n) is 4.85. The van der Waals surface area contributed by atoms with Crippen molar-refractivity contribution in [3.8, 4) is 5.75 Å². The van der Waals surface area contributed by atoms with Crippen molar-refractivity contribution in [1.82, 2.24) is 9.80 Å². The predicted molar refractivity (Wildman–Crippen MR) is 129 cm³/mol. The van der Waals surface area contributed by atoms with Crippen LogP contribution in [-0.4, -0.2) is 45.9 Å². The van der Waals surface area contributed by atoms with Crippen molar-refractivity contribution in [3.63, 3.8) is 0 Å². The minimum absolute atomic E-state index is 0.0448. The van der Waals surface area contributed by atoms with Crippen LogP contribution in [0.2, 0.25) is 0 Å². The van der Waals surface area contributed by atoms with Gasteiger partial charge in [0.1, 0.15) is 11.6 Å². The second-order valence-corrected chi connectivity index (χ2v) is 9.13. The number of phenols is 1. The molecule has 1 N–H and O–H groups in total. The molecule has 0 bridgehead atoms. The van der Waals surface area contributed by atoms with E-state index in [0.29, 0.717) is 12.1 Å². The summed E-state index contributed by atoms with van der Waals surface area (Å²) in [6, 6.07) is 22.5. The summed E-state index contributed by atoms with van der Waals surface area (Å²) in [5.41, 5.74) is 3.77. The van der Waals surface area contributed by atoms with Gasteiger partial charge in [-0.1, -0.05) is 48.5 Å². The second-order valence-electron chi connectivity index (χ2n) is 9.13. The highest BCUT2D eigenvalue weighted by Crippen LogP contribution is 2.35.